The highest BCUT2D eigenvalue weighted by molar-refractivity contribution is 6.36. The molecule has 0 spiro atoms. The van der Waals surface area contributed by atoms with Crippen LogP contribution in [0.3, 0.4) is 0 Å². The van der Waals surface area contributed by atoms with Crippen LogP contribution in [0.2, 0.25) is 10.0 Å². The Balaban J connectivity index is 2.01. The predicted octanol–water partition coefficient (Wildman–Crippen LogP) is 2.81. The number of likely N-dealkylation sites (N-methyl/N-ethyl adjacent to an activating group) is 1. The van der Waals surface area contributed by atoms with Gasteiger partial charge in [-0.25, -0.2) is 0 Å². The first-order valence-electron chi connectivity index (χ1n) is 6.38. The summed E-state index contributed by atoms with van der Waals surface area (Å²) in [5.74, 6) is 0.0541. The van der Waals surface area contributed by atoms with Crippen LogP contribution >= 0.6 is 23.2 Å². The molecule has 1 fully saturated rings. The van der Waals surface area contributed by atoms with Gasteiger partial charge >= 0.3 is 0 Å². The van der Waals surface area contributed by atoms with E-state index in [1.54, 1.807) is 18.2 Å². The second-order valence-electron chi connectivity index (χ2n) is 5.11. The van der Waals surface area contributed by atoms with Gasteiger partial charge in [0.05, 0.1) is 11.6 Å². The molecule has 1 unspecified atom stereocenters. The van der Waals surface area contributed by atoms with Gasteiger partial charge < -0.3 is 4.90 Å². The van der Waals surface area contributed by atoms with Gasteiger partial charge in [0.2, 0.25) is 0 Å². The highest BCUT2D eigenvalue weighted by atomic mass is 35.5. The molecule has 1 saturated heterocycles. The highest BCUT2D eigenvalue weighted by Gasteiger charge is 2.23. The maximum absolute atomic E-state index is 12.3. The molecule has 0 radical (unpaired) electrons. The molecule has 19 heavy (non-hydrogen) atoms. The summed E-state index contributed by atoms with van der Waals surface area (Å²) in [6.07, 6.45) is 0. The van der Waals surface area contributed by atoms with Crippen LogP contribution in [0.4, 0.5) is 0 Å². The Labute approximate surface area is 124 Å². The molecule has 1 heterocycles. The Morgan fingerprint density at radius 1 is 1.37 bits per heavy atom. The first-order chi connectivity index (χ1) is 8.97. The molecule has 1 aromatic rings. The lowest BCUT2D eigenvalue weighted by Crippen LogP contribution is -2.51. The minimum atomic E-state index is 0.0541. The summed E-state index contributed by atoms with van der Waals surface area (Å²) in [5, 5.41) is 0.981. The molecule has 1 aliphatic rings. The van der Waals surface area contributed by atoms with Gasteiger partial charge in [-0.1, -0.05) is 23.2 Å². The fourth-order valence-corrected chi connectivity index (χ4v) is 2.79. The summed E-state index contributed by atoms with van der Waals surface area (Å²) in [4.78, 5) is 16.7. The second-order valence-corrected chi connectivity index (χ2v) is 5.96. The van der Waals surface area contributed by atoms with Gasteiger partial charge in [0.1, 0.15) is 0 Å². The Morgan fingerprint density at radius 3 is 2.74 bits per heavy atom. The van der Waals surface area contributed by atoms with E-state index in [2.05, 4.69) is 23.8 Å². The van der Waals surface area contributed by atoms with Crippen molar-refractivity contribution in [3.63, 3.8) is 0 Å². The first-order valence-corrected chi connectivity index (χ1v) is 7.14. The topological polar surface area (TPSA) is 23.6 Å². The Morgan fingerprint density at radius 2 is 2.11 bits per heavy atom. The molecule has 104 valence electrons. The van der Waals surface area contributed by atoms with Crippen molar-refractivity contribution in [3.05, 3.63) is 33.8 Å². The van der Waals surface area contributed by atoms with Gasteiger partial charge in [-0.05, 0) is 32.2 Å². The van der Waals surface area contributed by atoms with Crippen molar-refractivity contribution in [2.24, 2.45) is 0 Å². The zero-order valence-electron chi connectivity index (χ0n) is 11.2. The van der Waals surface area contributed by atoms with Crippen LogP contribution in [0.25, 0.3) is 0 Å². The van der Waals surface area contributed by atoms with Crippen molar-refractivity contribution >= 4 is 29.0 Å². The number of carbonyl (C=O) groups excluding carboxylic acids is 1. The molecule has 0 N–H and O–H groups in total. The first kappa shape index (κ1) is 14.8. The molecule has 1 aromatic carbocycles. The van der Waals surface area contributed by atoms with Crippen molar-refractivity contribution < 1.29 is 4.79 Å². The zero-order valence-corrected chi connectivity index (χ0v) is 12.7. The SMILES string of the molecule is CC1CN(CC(=O)c2ccc(Cl)cc2Cl)CCN1C. The molecule has 0 aromatic heterocycles. The molecular formula is C14H18Cl2N2O. The minimum Gasteiger partial charge on any atom is -0.301 e. The number of hydrogen-bond acceptors (Lipinski definition) is 3. The van der Waals surface area contributed by atoms with E-state index in [-0.39, 0.29) is 5.78 Å². The van der Waals surface area contributed by atoms with Gasteiger partial charge in [0, 0.05) is 36.3 Å². The van der Waals surface area contributed by atoms with Crippen molar-refractivity contribution in [1.29, 1.82) is 0 Å². The monoisotopic (exact) mass is 300 g/mol. The summed E-state index contributed by atoms with van der Waals surface area (Å²) in [6, 6.07) is 5.49. The van der Waals surface area contributed by atoms with Crippen LogP contribution < -0.4 is 0 Å². The second kappa shape index (κ2) is 6.23. The number of ketones is 1. The smallest absolute Gasteiger partial charge is 0.178 e. The molecular weight excluding hydrogens is 283 g/mol. The highest BCUT2D eigenvalue weighted by Crippen LogP contribution is 2.22. The van der Waals surface area contributed by atoms with Crippen molar-refractivity contribution in [1.82, 2.24) is 9.80 Å². The fourth-order valence-electron chi connectivity index (χ4n) is 2.27. The maximum atomic E-state index is 12.3. The number of rotatable bonds is 3. The van der Waals surface area contributed by atoms with Gasteiger partial charge in [-0.3, -0.25) is 9.69 Å². The van der Waals surface area contributed by atoms with Crippen molar-refractivity contribution in [3.8, 4) is 0 Å². The number of Topliss-reactive ketones (excluding diaryl/α,β-unsaturated/α-hetero) is 1. The molecule has 5 heteroatoms. The van der Waals surface area contributed by atoms with E-state index >= 15 is 0 Å². The van der Waals surface area contributed by atoms with E-state index in [1.807, 2.05) is 0 Å². The largest absolute Gasteiger partial charge is 0.301 e. The third kappa shape index (κ3) is 3.69. The third-order valence-electron chi connectivity index (χ3n) is 3.64. The number of hydrogen-bond donors (Lipinski definition) is 0. The zero-order chi connectivity index (χ0) is 14.0. The van der Waals surface area contributed by atoms with E-state index < -0.39 is 0 Å². The Kier molecular flexibility index (Phi) is 4.85. The summed E-state index contributed by atoms with van der Waals surface area (Å²) < 4.78 is 0. The average molecular weight is 301 g/mol. The van der Waals surface area contributed by atoms with Crippen molar-refractivity contribution in [2.75, 3.05) is 33.2 Å². The fraction of sp³-hybridized carbons (Fsp3) is 0.500. The van der Waals surface area contributed by atoms with Gasteiger partial charge in [0.25, 0.3) is 0 Å². The van der Waals surface area contributed by atoms with Crippen LogP contribution in [0, 0.1) is 0 Å². The standard InChI is InChI=1S/C14H18Cl2N2O/c1-10-8-18(6-5-17(10)2)9-14(19)12-4-3-11(15)7-13(12)16/h3-4,7,10H,5-6,8-9H2,1-2H3. The molecule has 0 bridgehead atoms. The summed E-state index contributed by atoms with van der Waals surface area (Å²) in [5.41, 5.74) is 0.553. The molecule has 1 aliphatic heterocycles. The molecule has 1 atom stereocenters. The lowest BCUT2D eigenvalue weighted by molar-refractivity contribution is 0.0786. The van der Waals surface area contributed by atoms with E-state index in [4.69, 9.17) is 23.2 Å². The quantitative estimate of drug-likeness (QED) is 0.802. The predicted molar refractivity (Wildman–Crippen MR) is 79.3 cm³/mol. The van der Waals surface area contributed by atoms with E-state index in [9.17, 15) is 4.79 Å². The summed E-state index contributed by atoms with van der Waals surface area (Å²) in [7, 11) is 2.11. The minimum absolute atomic E-state index is 0.0541. The Hall–Kier alpha value is -0.610. The number of piperazine rings is 1. The molecule has 0 aliphatic carbocycles. The number of nitrogens with zero attached hydrogens (tertiary/aromatic N) is 2. The van der Waals surface area contributed by atoms with E-state index in [1.165, 1.54) is 0 Å². The van der Waals surface area contributed by atoms with Crippen LogP contribution in [0.5, 0.6) is 0 Å². The number of halogens is 2. The normalized spacial score (nSPS) is 21.6. The van der Waals surface area contributed by atoms with Crippen LogP contribution in [-0.2, 0) is 0 Å². The Bertz CT molecular complexity index is 479. The summed E-state index contributed by atoms with van der Waals surface area (Å²) >= 11 is 11.9. The van der Waals surface area contributed by atoms with Gasteiger partial charge in [-0.2, -0.15) is 0 Å². The molecule has 2 rings (SSSR count). The van der Waals surface area contributed by atoms with Crippen molar-refractivity contribution in [2.45, 2.75) is 13.0 Å². The lowest BCUT2D eigenvalue weighted by Gasteiger charge is -2.37. The average Bonchev–Trinajstić information content (AvgIpc) is 2.33. The third-order valence-corrected chi connectivity index (χ3v) is 4.19. The summed E-state index contributed by atoms with van der Waals surface area (Å²) in [6.45, 7) is 5.40. The molecule has 3 nitrogen and oxygen atoms in total. The maximum Gasteiger partial charge on any atom is 0.178 e. The van der Waals surface area contributed by atoms with Crippen LogP contribution in [0.1, 0.15) is 17.3 Å². The number of benzene rings is 1. The van der Waals surface area contributed by atoms with Gasteiger partial charge in [0.15, 0.2) is 5.78 Å². The molecule has 0 saturated carbocycles. The van der Waals surface area contributed by atoms with E-state index in [0.717, 1.165) is 19.6 Å². The van der Waals surface area contributed by atoms with Gasteiger partial charge in [-0.15, -0.1) is 0 Å². The lowest BCUT2D eigenvalue weighted by atomic mass is 10.1. The molecule has 0 amide bonds. The van der Waals surface area contributed by atoms with Crippen LogP contribution in [0.15, 0.2) is 18.2 Å². The number of carbonyl (C=O) groups is 1. The van der Waals surface area contributed by atoms with E-state index in [0.29, 0.717) is 28.2 Å². The van der Waals surface area contributed by atoms with Crippen LogP contribution in [-0.4, -0.2) is 54.9 Å².